The maximum Gasteiger partial charge on any atom is 0.401 e. The van der Waals surface area contributed by atoms with E-state index in [1.54, 1.807) is 7.05 Å². The molecule has 1 unspecified atom stereocenters. The molecule has 1 aliphatic rings. The molecular weight excluding hydrogens is 307 g/mol. The fourth-order valence-corrected chi connectivity index (χ4v) is 2.83. The maximum atomic E-state index is 12.4. The van der Waals surface area contributed by atoms with Crippen molar-refractivity contribution >= 4 is 5.96 Å². The number of likely N-dealkylation sites (N-methyl/N-ethyl adjacent to an activating group) is 1. The molecule has 0 saturated carbocycles. The smallest absolute Gasteiger partial charge is 0.355 e. The predicted octanol–water partition coefficient (Wildman–Crippen LogP) is 1.52. The van der Waals surface area contributed by atoms with Gasteiger partial charge in [0, 0.05) is 45.3 Å². The van der Waals surface area contributed by atoms with Crippen LogP contribution in [0.15, 0.2) is 4.99 Å². The number of likely N-dealkylation sites (tertiary alicyclic amines) is 1. The molecule has 8 heteroatoms. The molecule has 136 valence electrons. The number of hydrogen-bond acceptors (Lipinski definition) is 3. The molecule has 5 nitrogen and oxygen atoms in total. The van der Waals surface area contributed by atoms with Gasteiger partial charge in [0.1, 0.15) is 0 Å². The third kappa shape index (κ3) is 7.87. The molecule has 2 N–H and O–H groups in total. The van der Waals surface area contributed by atoms with Gasteiger partial charge in [0.15, 0.2) is 5.96 Å². The number of nitrogens with one attached hydrogen (secondary N) is 2. The lowest BCUT2D eigenvalue weighted by Gasteiger charge is -2.25. The molecule has 1 heterocycles. The number of nitrogens with zero attached hydrogens (tertiary/aromatic N) is 3. The molecule has 1 aliphatic heterocycles. The predicted molar refractivity (Wildman–Crippen MR) is 87.8 cm³/mol. The summed E-state index contributed by atoms with van der Waals surface area (Å²) in [6, 6.07) is 0.499. The first-order chi connectivity index (χ1) is 10.7. The Labute approximate surface area is 137 Å². The number of rotatable bonds is 7. The Morgan fingerprint density at radius 3 is 2.61 bits per heavy atom. The summed E-state index contributed by atoms with van der Waals surface area (Å²) in [4.78, 5) is 7.92. The molecule has 23 heavy (non-hydrogen) atoms. The largest absolute Gasteiger partial charge is 0.401 e. The average Bonchev–Trinajstić information content (AvgIpc) is 2.86. The van der Waals surface area contributed by atoms with Crippen molar-refractivity contribution in [1.29, 1.82) is 0 Å². The molecule has 1 rings (SSSR count). The van der Waals surface area contributed by atoms with Crippen molar-refractivity contribution in [3.8, 4) is 0 Å². The lowest BCUT2D eigenvalue weighted by Crippen LogP contribution is -2.47. The van der Waals surface area contributed by atoms with E-state index in [1.807, 2.05) is 0 Å². The van der Waals surface area contributed by atoms with Gasteiger partial charge < -0.3 is 10.6 Å². The molecule has 0 aromatic rings. The SMILES string of the molecule is CCN(CCNC(=NC)NC1CCN(CC(F)(F)F)C1)C(C)C. The summed E-state index contributed by atoms with van der Waals surface area (Å²) in [6.45, 7) is 9.11. The lowest BCUT2D eigenvalue weighted by molar-refractivity contribution is -0.143. The second-order valence-electron chi connectivity index (χ2n) is 6.20. The number of halogens is 3. The topological polar surface area (TPSA) is 42.9 Å². The summed E-state index contributed by atoms with van der Waals surface area (Å²) in [6.07, 6.45) is -3.43. The van der Waals surface area contributed by atoms with Gasteiger partial charge in [0.25, 0.3) is 0 Å². The highest BCUT2D eigenvalue weighted by atomic mass is 19.4. The lowest BCUT2D eigenvalue weighted by atomic mass is 10.3. The standard InChI is InChI=1S/C15H30F3N5/c1-5-23(12(2)3)9-7-20-14(19-4)21-13-6-8-22(10-13)11-15(16,17)18/h12-13H,5-11H2,1-4H3,(H2,19,20,21). The zero-order valence-corrected chi connectivity index (χ0v) is 14.6. The zero-order valence-electron chi connectivity index (χ0n) is 14.6. The molecule has 0 spiro atoms. The van der Waals surface area contributed by atoms with E-state index >= 15 is 0 Å². The molecule has 1 saturated heterocycles. The highest BCUT2D eigenvalue weighted by Gasteiger charge is 2.34. The van der Waals surface area contributed by atoms with E-state index in [4.69, 9.17) is 0 Å². The molecule has 0 amide bonds. The van der Waals surface area contributed by atoms with Gasteiger partial charge in [-0.25, -0.2) is 0 Å². The van der Waals surface area contributed by atoms with Crippen LogP contribution in [0.4, 0.5) is 13.2 Å². The Hall–Kier alpha value is -1.02. The Morgan fingerprint density at radius 2 is 2.09 bits per heavy atom. The fraction of sp³-hybridized carbons (Fsp3) is 0.933. The monoisotopic (exact) mass is 337 g/mol. The van der Waals surface area contributed by atoms with E-state index in [9.17, 15) is 13.2 Å². The summed E-state index contributed by atoms with van der Waals surface area (Å²) in [5.74, 6) is 0.656. The number of hydrogen-bond donors (Lipinski definition) is 2. The molecule has 1 atom stereocenters. The second kappa shape index (κ2) is 9.32. The van der Waals surface area contributed by atoms with E-state index < -0.39 is 12.7 Å². The Bertz CT molecular complexity index is 371. The summed E-state index contributed by atoms with van der Waals surface area (Å²) in [7, 11) is 1.68. The van der Waals surface area contributed by atoms with Crippen molar-refractivity contribution in [2.45, 2.75) is 45.5 Å². The van der Waals surface area contributed by atoms with Crippen molar-refractivity contribution in [1.82, 2.24) is 20.4 Å². The van der Waals surface area contributed by atoms with E-state index in [-0.39, 0.29) is 6.04 Å². The normalized spacial score (nSPS) is 20.6. The van der Waals surface area contributed by atoms with Gasteiger partial charge in [-0.2, -0.15) is 13.2 Å². The van der Waals surface area contributed by atoms with Gasteiger partial charge in [-0.15, -0.1) is 0 Å². The summed E-state index contributed by atoms with van der Waals surface area (Å²) < 4.78 is 37.2. The summed E-state index contributed by atoms with van der Waals surface area (Å²) >= 11 is 0. The maximum absolute atomic E-state index is 12.4. The molecule has 0 aromatic heterocycles. The summed E-state index contributed by atoms with van der Waals surface area (Å²) in [5, 5.41) is 6.45. The van der Waals surface area contributed by atoms with Crippen LogP contribution in [-0.2, 0) is 0 Å². The van der Waals surface area contributed by atoms with Crippen molar-refractivity contribution in [2.24, 2.45) is 4.99 Å². The molecule has 0 aliphatic carbocycles. The number of guanidine groups is 1. The van der Waals surface area contributed by atoms with Gasteiger partial charge in [-0.3, -0.25) is 14.8 Å². The third-order valence-electron chi connectivity index (χ3n) is 4.07. The minimum Gasteiger partial charge on any atom is -0.355 e. The minimum absolute atomic E-state index is 0.0101. The molecule has 0 radical (unpaired) electrons. The molecule has 1 fully saturated rings. The van der Waals surface area contributed by atoms with Crippen LogP contribution < -0.4 is 10.6 Å². The van der Waals surface area contributed by atoms with Gasteiger partial charge in [-0.05, 0) is 26.8 Å². The van der Waals surface area contributed by atoms with Crippen LogP contribution in [-0.4, -0.2) is 80.3 Å². The van der Waals surface area contributed by atoms with Gasteiger partial charge in [0.2, 0.25) is 0 Å². The fourth-order valence-electron chi connectivity index (χ4n) is 2.83. The zero-order chi connectivity index (χ0) is 17.5. The van der Waals surface area contributed by atoms with Crippen LogP contribution in [0.2, 0.25) is 0 Å². The van der Waals surface area contributed by atoms with Gasteiger partial charge in [0.05, 0.1) is 6.54 Å². The third-order valence-corrected chi connectivity index (χ3v) is 4.07. The van der Waals surface area contributed by atoms with Crippen LogP contribution in [0.25, 0.3) is 0 Å². The number of aliphatic imine (C=N–C) groups is 1. The molecule has 0 bridgehead atoms. The minimum atomic E-state index is -4.13. The van der Waals surface area contributed by atoms with E-state index in [0.717, 1.165) is 19.6 Å². The van der Waals surface area contributed by atoms with Crippen molar-refractivity contribution in [2.75, 3.05) is 46.3 Å². The first kappa shape index (κ1) is 20.0. The Kier molecular flexibility index (Phi) is 8.11. The Morgan fingerprint density at radius 1 is 1.39 bits per heavy atom. The highest BCUT2D eigenvalue weighted by molar-refractivity contribution is 5.80. The van der Waals surface area contributed by atoms with E-state index in [2.05, 4.69) is 41.3 Å². The summed E-state index contributed by atoms with van der Waals surface area (Å²) in [5.41, 5.74) is 0. The van der Waals surface area contributed by atoms with Crippen LogP contribution in [0, 0.1) is 0 Å². The highest BCUT2D eigenvalue weighted by Crippen LogP contribution is 2.19. The van der Waals surface area contributed by atoms with Crippen molar-refractivity contribution < 1.29 is 13.2 Å². The van der Waals surface area contributed by atoms with Crippen LogP contribution in [0.3, 0.4) is 0 Å². The quantitative estimate of drug-likeness (QED) is 0.546. The van der Waals surface area contributed by atoms with E-state index in [0.29, 0.717) is 31.5 Å². The van der Waals surface area contributed by atoms with Crippen LogP contribution >= 0.6 is 0 Å². The van der Waals surface area contributed by atoms with Crippen molar-refractivity contribution in [3.63, 3.8) is 0 Å². The first-order valence-corrected chi connectivity index (χ1v) is 8.25. The van der Waals surface area contributed by atoms with Crippen LogP contribution in [0.1, 0.15) is 27.2 Å². The van der Waals surface area contributed by atoms with E-state index in [1.165, 1.54) is 4.90 Å². The average molecular weight is 337 g/mol. The molecule has 0 aromatic carbocycles. The number of alkyl halides is 3. The first-order valence-electron chi connectivity index (χ1n) is 8.25. The van der Waals surface area contributed by atoms with Gasteiger partial charge in [-0.1, -0.05) is 6.92 Å². The Balaban J connectivity index is 2.32. The van der Waals surface area contributed by atoms with Crippen molar-refractivity contribution in [3.05, 3.63) is 0 Å². The van der Waals surface area contributed by atoms with Gasteiger partial charge >= 0.3 is 6.18 Å². The van der Waals surface area contributed by atoms with Crippen LogP contribution in [0.5, 0.6) is 0 Å². The second-order valence-corrected chi connectivity index (χ2v) is 6.20. The molecular formula is C15H30F3N5.